The van der Waals surface area contributed by atoms with E-state index in [1.807, 2.05) is 0 Å². The first-order chi connectivity index (χ1) is 5.02. The molecule has 0 aliphatic heterocycles. The number of hydrogen-bond donors (Lipinski definition) is 0. The predicted molar refractivity (Wildman–Crippen MR) is 44.8 cm³/mol. The van der Waals surface area contributed by atoms with Gasteiger partial charge in [0.25, 0.3) is 0 Å². The van der Waals surface area contributed by atoms with Crippen LogP contribution in [-0.4, -0.2) is 0 Å². The van der Waals surface area contributed by atoms with Gasteiger partial charge in [0, 0.05) is 0 Å². The van der Waals surface area contributed by atoms with Crippen LogP contribution in [0.3, 0.4) is 0 Å². The summed E-state index contributed by atoms with van der Waals surface area (Å²) in [5, 5.41) is 0. The first-order valence-electron chi connectivity index (χ1n) is 3.93. The monoisotopic (exact) mass is 197 g/mol. The first kappa shape index (κ1) is 8.94. The fourth-order valence-corrected chi connectivity index (χ4v) is 2.90. The van der Waals surface area contributed by atoms with Gasteiger partial charge in [-0.15, -0.1) is 0 Å². The van der Waals surface area contributed by atoms with E-state index in [-0.39, 0.29) is 0 Å². The van der Waals surface area contributed by atoms with Crippen LogP contribution in [-0.2, 0) is 23.7 Å². The van der Waals surface area contributed by atoms with Crippen molar-refractivity contribution in [1.82, 2.24) is 0 Å². The number of hydrogen-bond acceptors (Lipinski definition) is 0. The summed E-state index contributed by atoms with van der Waals surface area (Å²) in [4.78, 5) is 0. The minimum absolute atomic E-state index is 0.314. The molecule has 0 atom stereocenters. The van der Waals surface area contributed by atoms with Gasteiger partial charge < -0.3 is 0 Å². The molecule has 0 saturated carbocycles. The topological polar surface area (TPSA) is 0 Å². The van der Waals surface area contributed by atoms with Crippen LogP contribution in [0.5, 0.6) is 0 Å². The molecule has 0 amide bonds. The van der Waals surface area contributed by atoms with Crippen LogP contribution in [0.15, 0.2) is 24.3 Å². The van der Waals surface area contributed by atoms with Gasteiger partial charge in [-0.2, -0.15) is 0 Å². The van der Waals surface area contributed by atoms with Crippen LogP contribution in [0, 0.1) is 0 Å². The number of benzene rings is 1. The summed E-state index contributed by atoms with van der Waals surface area (Å²) >= 11 is 1.26. The summed E-state index contributed by atoms with van der Waals surface area (Å²) in [5.74, 6) is 0. The predicted octanol–water partition coefficient (Wildman–Crippen LogP) is 2.16. The standard InChI is InChI=1S/C10H13.Zn/c1-10(2,3)9-7-5-4-6-8-9;/h4-7H,1-3H3;. The van der Waals surface area contributed by atoms with Crippen LogP contribution in [0.2, 0.25) is 0 Å². The maximum atomic E-state index is 2.27. The van der Waals surface area contributed by atoms with Crippen LogP contribution >= 0.6 is 0 Å². The van der Waals surface area contributed by atoms with Crippen molar-refractivity contribution in [3.63, 3.8) is 0 Å². The second-order valence-corrected chi connectivity index (χ2v) is 5.51. The fourth-order valence-electron chi connectivity index (χ4n) is 1.25. The second-order valence-electron chi connectivity index (χ2n) is 3.91. The normalized spacial score (nSPS) is 11.7. The molecule has 0 unspecified atom stereocenters. The third-order valence-corrected chi connectivity index (χ3v) is 3.12. The van der Waals surface area contributed by atoms with Crippen LogP contribution in [0.25, 0.3) is 0 Å². The summed E-state index contributed by atoms with van der Waals surface area (Å²) in [6.07, 6.45) is 0. The molecule has 0 aliphatic rings. The quantitative estimate of drug-likeness (QED) is 0.561. The van der Waals surface area contributed by atoms with E-state index in [9.17, 15) is 0 Å². The molecule has 0 aliphatic carbocycles. The fraction of sp³-hybridized carbons (Fsp3) is 0.400. The SMILES string of the molecule is CC(C)(C)c1cccc[c]1[Zn]. The van der Waals surface area contributed by atoms with E-state index in [4.69, 9.17) is 0 Å². The van der Waals surface area contributed by atoms with E-state index in [1.54, 1.807) is 0 Å². The van der Waals surface area contributed by atoms with Gasteiger partial charge in [0.05, 0.1) is 0 Å². The Balaban J connectivity index is 3.14. The van der Waals surface area contributed by atoms with Crippen molar-refractivity contribution in [2.75, 3.05) is 0 Å². The van der Waals surface area contributed by atoms with Crippen LogP contribution < -0.4 is 4.16 Å². The van der Waals surface area contributed by atoms with E-state index in [0.717, 1.165) is 0 Å². The van der Waals surface area contributed by atoms with Gasteiger partial charge in [-0.1, -0.05) is 0 Å². The Kier molecular flexibility index (Phi) is 2.49. The van der Waals surface area contributed by atoms with Gasteiger partial charge in [-0.3, -0.25) is 0 Å². The zero-order chi connectivity index (χ0) is 8.48. The molecule has 0 aromatic heterocycles. The molecule has 1 rings (SSSR count). The second kappa shape index (κ2) is 3.07. The zero-order valence-corrected chi connectivity index (χ0v) is 10.5. The van der Waals surface area contributed by atoms with Gasteiger partial charge in [0.15, 0.2) is 0 Å². The van der Waals surface area contributed by atoms with Gasteiger partial charge in [0.2, 0.25) is 0 Å². The summed E-state index contributed by atoms with van der Waals surface area (Å²) in [6, 6.07) is 8.70. The molecule has 0 spiro atoms. The average molecular weight is 199 g/mol. The molecule has 0 heterocycles. The molecule has 0 N–H and O–H groups in total. The third-order valence-electron chi connectivity index (χ3n) is 1.83. The van der Waals surface area contributed by atoms with E-state index < -0.39 is 0 Å². The summed E-state index contributed by atoms with van der Waals surface area (Å²) in [6.45, 7) is 6.80. The molecule has 0 nitrogen and oxygen atoms in total. The van der Waals surface area contributed by atoms with Crippen molar-refractivity contribution in [3.05, 3.63) is 29.8 Å². The average Bonchev–Trinajstić information content (AvgIpc) is 1.86. The molecular weight excluding hydrogens is 185 g/mol. The Hall–Kier alpha value is -0.157. The molecule has 55 valence electrons. The van der Waals surface area contributed by atoms with Crippen molar-refractivity contribution in [3.8, 4) is 0 Å². The molecule has 0 saturated heterocycles. The Morgan fingerprint density at radius 3 is 2.00 bits per heavy atom. The van der Waals surface area contributed by atoms with Gasteiger partial charge in [-0.25, -0.2) is 0 Å². The zero-order valence-electron chi connectivity index (χ0n) is 7.52. The Morgan fingerprint density at radius 1 is 1.09 bits per heavy atom. The van der Waals surface area contributed by atoms with E-state index in [0.29, 0.717) is 5.41 Å². The van der Waals surface area contributed by atoms with Crippen LogP contribution in [0.1, 0.15) is 26.3 Å². The van der Waals surface area contributed by atoms with Crippen molar-refractivity contribution in [1.29, 1.82) is 0 Å². The molecule has 0 radical (unpaired) electrons. The Bertz CT molecular complexity index is 245. The van der Waals surface area contributed by atoms with Gasteiger partial charge >= 0.3 is 78.5 Å². The molecule has 0 fully saturated rings. The van der Waals surface area contributed by atoms with Crippen molar-refractivity contribution in [2.45, 2.75) is 26.2 Å². The molecule has 0 bridgehead atoms. The molecule has 1 aromatic carbocycles. The summed E-state index contributed by atoms with van der Waals surface area (Å²) in [7, 11) is 0. The molecular formula is C10H13Zn. The Morgan fingerprint density at radius 2 is 1.64 bits per heavy atom. The van der Waals surface area contributed by atoms with Crippen molar-refractivity contribution >= 4 is 4.16 Å². The summed E-state index contributed by atoms with van der Waals surface area (Å²) in [5.41, 5.74) is 1.81. The number of rotatable bonds is 0. The van der Waals surface area contributed by atoms with E-state index in [2.05, 4.69) is 45.0 Å². The molecule has 1 aromatic rings. The summed E-state index contributed by atoms with van der Waals surface area (Å²) < 4.78 is 1.51. The van der Waals surface area contributed by atoms with Crippen molar-refractivity contribution in [2.24, 2.45) is 0 Å². The van der Waals surface area contributed by atoms with E-state index >= 15 is 0 Å². The molecule has 1 heteroatoms. The Labute approximate surface area is 78.7 Å². The van der Waals surface area contributed by atoms with E-state index in [1.165, 1.54) is 28.0 Å². The molecule has 11 heavy (non-hydrogen) atoms. The maximum absolute atomic E-state index is 2.27. The van der Waals surface area contributed by atoms with Crippen LogP contribution in [0.4, 0.5) is 0 Å². The van der Waals surface area contributed by atoms with Gasteiger partial charge in [-0.05, 0) is 0 Å². The minimum atomic E-state index is 0.314. The third kappa shape index (κ3) is 2.13. The van der Waals surface area contributed by atoms with Gasteiger partial charge in [0.1, 0.15) is 0 Å². The first-order valence-corrected chi connectivity index (χ1v) is 5.41. The van der Waals surface area contributed by atoms with Crippen molar-refractivity contribution < 1.29 is 18.3 Å².